The summed E-state index contributed by atoms with van der Waals surface area (Å²) in [5, 5.41) is 0. The average Bonchev–Trinajstić information content (AvgIpc) is 2.60. The molecule has 23 heavy (non-hydrogen) atoms. The van der Waals surface area contributed by atoms with E-state index in [0.29, 0.717) is 0 Å². The summed E-state index contributed by atoms with van der Waals surface area (Å²) in [4.78, 5) is 0. The Morgan fingerprint density at radius 1 is 0.565 bits per heavy atom. The summed E-state index contributed by atoms with van der Waals surface area (Å²) in [7, 11) is 0. The zero-order valence-electron chi connectivity index (χ0n) is 13.9. The van der Waals surface area contributed by atoms with Crippen molar-refractivity contribution < 1.29 is 0 Å². The van der Waals surface area contributed by atoms with Gasteiger partial charge in [0.1, 0.15) is 0 Å². The SMILES string of the molecule is C=Cc1cccc(C)c1C=C.C=Cc1cccc(C=C)c1C=C. The smallest absolute Gasteiger partial charge is 0.0118 e. The average molecular weight is 300 g/mol. The van der Waals surface area contributed by atoms with Gasteiger partial charge in [-0.25, -0.2) is 0 Å². The Balaban J connectivity index is 0.000000231. The molecule has 0 amide bonds. The van der Waals surface area contributed by atoms with Gasteiger partial charge in [-0.3, -0.25) is 0 Å². The molecule has 0 unspecified atom stereocenters. The Bertz CT molecular complexity index is 703. The van der Waals surface area contributed by atoms with Crippen LogP contribution in [0.1, 0.15) is 33.4 Å². The molecule has 0 aliphatic carbocycles. The van der Waals surface area contributed by atoms with Gasteiger partial charge in [-0.05, 0) is 40.3 Å². The van der Waals surface area contributed by atoms with Gasteiger partial charge in [0.15, 0.2) is 0 Å². The van der Waals surface area contributed by atoms with Crippen molar-refractivity contribution in [1.82, 2.24) is 0 Å². The van der Waals surface area contributed by atoms with Crippen LogP contribution in [0, 0.1) is 6.92 Å². The first-order valence-electron chi connectivity index (χ1n) is 7.47. The van der Waals surface area contributed by atoms with Gasteiger partial charge in [0.25, 0.3) is 0 Å². The Hall–Kier alpha value is -2.86. The number of rotatable bonds is 5. The van der Waals surface area contributed by atoms with Crippen molar-refractivity contribution in [3.63, 3.8) is 0 Å². The second-order valence-corrected chi connectivity index (χ2v) is 4.95. The van der Waals surface area contributed by atoms with Gasteiger partial charge in [-0.1, -0.05) is 99.7 Å². The summed E-state index contributed by atoms with van der Waals surface area (Å²) < 4.78 is 0. The quantitative estimate of drug-likeness (QED) is 0.563. The molecule has 0 aliphatic heterocycles. The highest BCUT2D eigenvalue weighted by Crippen LogP contribution is 2.18. The van der Waals surface area contributed by atoms with Crippen molar-refractivity contribution in [2.75, 3.05) is 0 Å². The van der Waals surface area contributed by atoms with Crippen molar-refractivity contribution in [2.24, 2.45) is 0 Å². The highest BCUT2D eigenvalue weighted by molar-refractivity contribution is 5.72. The minimum atomic E-state index is 1.10. The van der Waals surface area contributed by atoms with Crippen molar-refractivity contribution in [2.45, 2.75) is 6.92 Å². The molecule has 0 saturated heterocycles. The molecule has 2 rings (SSSR count). The van der Waals surface area contributed by atoms with Crippen molar-refractivity contribution in [3.05, 3.63) is 103 Å². The molecule has 0 spiro atoms. The Morgan fingerprint density at radius 3 is 1.30 bits per heavy atom. The molecule has 0 saturated carbocycles. The molecule has 0 aliphatic rings. The molecule has 0 N–H and O–H groups in total. The topological polar surface area (TPSA) is 0 Å². The summed E-state index contributed by atoms with van der Waals surface area (Å²) in [6, 6.07) is 12.1. The van der Waals surface area contributed by atoms with Crippen LogP contribution in [0.5, 0.6) is 0 Å². The maximum atomic E-state index is 3.75. The normalized spacial score (nSPS) is 9.09. The van der Waals surface area contributed by atoms with E-state index in [9.17, 15) is 0 Å². The van der Waals surface area contributed by atoms with Gasteiger partial charge in [-0.2, -0.15) is 0 Å². The molecule has 2 aromatic rings. The fourth-order valence-corrected chi connectivity index (χ4v) is 2.35. The number of aryl methyl sites for hydroxylation is 1. The summed E-state index contributed by atoms with van der Waals surface area (Å²) in [6.45, 7) is 20.8. The number of benzene rings is 2. The highest BCUT2D eigenvalue weighted by Gasteiger charge is 1.98. The van der Waals surface area contributed by atoms with Crippen molar-refractivity contribution in [1.29, 1.82) is 0 Å². The second-order valence-electron chi connectivity index (χ2n) is 4.95. The summed E-state index contributed by atoms with van der Waals surface area (Å²) in [5.41, 5.74) is 6.88. The van der Waals surface area contributed by atoms with Crippen LogP contribution in [0.2, 0.25) is 0 Å². The molecule has 0 bridgehead atoms. The zero-order chi connectivity index (χ0) is 17.2. The first-order valence-corrected chi connectivity index (χ1v) is 7.47. The molecular weight excluding hydrogens is 276 g/mol. The molecule has 116 valence electrons. The van der Waals surface area contributed by atoms with Crippen molar-refractivity contribution in [3.8, 4) is 0 Å². The maximum absolute atomic E-state index is 3.75. The fourth-order valence-electron chi connectivity index (χ4n) is 2.35. The fraction of sp³-hybridized carbons (Fsp3) is 0.0435. The lowest BCUT2D eigenvalue weighted by Gasteiger charge is -2.03. The number of hydrogen-bond acceptors (Lipinski definition) is 0. The van der Waals surface area contributed by atoms with Crippen LogP contribution in [-0.2, 0) is 0 Å². The molecular formula is C23H24. The molecule has 0 aromatic heterocycles. The van der Waals surface area contributed by atoms with Crippen LogP contribution in [0.4, 0.5) is 0 Å². The predicted molar refractivity (Wildman–Crippen MR) is 108 cm³/mol. The van der Waals surface area contributed by atoms with Gasteiger partial charge in [0.05, 0.1) is 0 Å². The molecule has 2 aromatic carbocycles. The van der Waals surface area contributed by atoms with Gasteiger partial charge < -0.3 is 0 Å². The minimum Gasteiger partial charge on any atom is -0.0984 e. The monoisotopic (exact) mass is 300 g/mol. The van der Waals surface area contributed by atoms with Gasteiger partial charge in [-0.15, -0.1) is 0 Å². The standard InChI is InChI=1S/C12H12.C11H12/c1-4-10-8-7-9-11(5-2)12(10)6-3;1-4-10-8-6-7-9(3)11(10)5-2/h4-9H,1-3H2;4-8H,1-2H2,3H3. The van der Waals surface area contributed by atoms with Crippen molar-refractivity contribution >= 4 is 30.4 Å². The Labute approximate surface area is 140 Å². The van der Waals surface area contributed by atoms with Crippen LogP contribution in [0.3, 0.4) is 0 Å². The first kappa shape index (κ1) is 18.2. The highest BCUT2D eigenvalue weighted by atomic mass is 14.0. The lowest BCUT2D eigenvalue weighted by atomic mass is 10.0. The molecule has 0 radical (unpaired) electrons. The van der Waals surface area contributed by atoms with Gasteiger partial charge >= 0.3 is 0 Å². The predicted octanol–water partition coefficient (Wildman–Crippen LogP) is 6.90. The molecule has 0 nitrogen and oxygen atoms in total. The lowest BCUT2D eigenvalue weighted by Crippen LogP contribution is -1.84. The third-order valence-corrected chi connectivity index (χ3v) is 3.60. The Kier molecular flexibility index (Phi) is 7.29. The van der Waals surface area contributed by atoms with E-state index in [2.05, 4.69) is 45.9 Å². The van der Waals surface area contributed by atoms with Crippen LogP contribution >= 0.6 is 0 Å². The van der Waals surface area contributed by atoms with E-state index in [1.807, 2.05) is 60.7 Å². The van der Waals surface area contributed by atoms with E-state index in [-0.39, 0.29) is 0 Å². The minimum absolute atomic E-state index is 1.10. The first-order chi connectivity index (χ1) is 11.1. The van der Waals surface area contributed by atoms with Crippen LogP contribution in [0.15, 0.2) is 69.3 Å². The second kappa shape index (κ2) is 9.22. The molecule has 0 heterocycles. The van der Waals surface area contributed by atoms with Crippen LogP contribution in [0.25, 0.3) is 30.4 Å². The zero-order valence-corrected chi connectivity index (χ0v) is 13.9. The molecule has 0 heteroatoms. The van der Waals surface area contributed by atoms with E-state index >= 15 is 0 Å². The third-order valence-electron chi connectivity index (χ3n) is 3.60. The van der Waals surface area contributed by atoms with E-state index in [1.54, 1.807) is 0 Å². The Morgan fingerprint density at radius 2 is 0.957 bits per heavy atom. The van der Waals surface area contributed by atoms with E-state index in [0.717, 1.165) is 22.3 Å². The molecule has 0 atom stereocenters. The number of hydrogen-bond donors (Lipinski definition) is 0. The van der Waals surface area contributed by atoms with E-state index in [4.69, 9.17) is 0 Å². The van der Waals surface area contributed by atoms with Crippen LogP contribution < -0.4 is 0 Å². The van der Waals surface area contributed by atoms with E-state index < -0.39 is 0 Å². The largest absolute Gasteiger partial charge is 0.0984 e. The van der Waals surface area contributed by atoms with Gasteiger partial charge in [0.2, 0.25) is 0 Å². The lowest BCUT2D eigenvalue weighted by molar-refractivity contribution is 1.43. The summed E-state index contributed by atoms with van der Waals surface area (Å²) >= 11 is 0. The van der Waals surface area contributed by atoms with E-state index in [1.165, 1.54) is 11.1 Å². The summed E-state index contributed by atoms with van der Waals surface area (Å²) in [5.74, 6) is 0. The van der Waals surface area contributed by atoms with Crippen LogP contribution in [-0.4, -0.2) is 0 Å². The van der Waals surface area contributed by atoms with Gasteiger partial charge in [0, 0.05) is 0 Å². The molecule has 0 fully saturated rings. The third kappa shape index (κ3) is 4.55. The maximum Gasteiger partial charge on any atom is -0.0118 e. The summed E-state index contributed by atoms with van der Waals surface area (Å²) in [6.07, 6.45) is 9.19.